The van der Waals surface area contributed by atoms with Crippen LogP contribution in [0, 0.1) is 0 Å². The number of ether oxygens (including phenoxy) is 1. The van der Waals surface area contributed by atoms with Crippen LogP contribution >= 0.6 is 11.6 Å². The van der Waals surface area contributed by atoms with Crippen LogP contribution in [0.1, 0.15) is 11.7 Å². The molecule has 3 rings (SSSR count). The molecule has 6 nitrogen and oxygen atoms in total. The molecule has 7 heteroatoms. The lowest BCUT2D eigenvalue weighted by Gasteiger charge is -2.39. The fourth-order valence-corrected chi connectivity index (χ4v) is 3.04. The summed E-state index contributed by atoms with van der Waals surface area (Å²) >= 11 is 6.14. The zero-order chi connectivity index (χ0) is 15.5. The van der Waals surface area contributed by atoms with Crippen molar-refractivity contribution in [3.8, 4) is 0 Å². The molecule has 0 radical (unpaired) electrons. The Morgan fingerprint density at radius 2 is 2.23 bits per heavy atom. The standard InChI is InChI=1S/C15H20ClN5O/c1-20-7-8-22-14(15(20)13-4-6-19-21(13)2)10-18-12-3-5-17-9-11(12)16/h3-6,9,14-15H,7-8,10H2,1-2H3,(H,17,18)/t14-,15-/m0/s1. The Bertz CT molecular complexity index is 632. The van der Waals surface area contributed by atoms with E-state index in [0.717, 1.165) is 24.5 Å². The molecular formula is C15H20ClN5O. The molecule has 0 saturated carbocycles. The lowest BCUT2D eigenvalue weighted by molar-refractivity contribution is -0.0581. The molecule has 0 aliphatic carbocycles. The molecule has 118 valence electrons. The average Bonchev–Trinajstić information content (AvgIpc) is 2.92. The molecule has 0 bridgehead atoms. The van der Waals surface area contributed by atoms with Crippen molar-refractivity contribution in [3.63, 3.8) is 0 Å². The summed E-state index contributed by atoms with van der Waals surface area (Å²) in [5.74, 6) is 0. The van der Waals surface area contributed by atoms with Gasteiger partial charge in [-0.1, -0.05) is 11.6 Å². The first kappa shape index (κ1) is 15.3. The van der Waals surface area contributed by atoms with Crippen molar-refractivity contribution in [2.24, 2.45) is 7.05 Å². The molecule has 1 aliphatic rings. The number of morpholine rings is 1. The number of aromatic nitrogens is 3. The van der Waals surface area contributed by atoms with Crippen LogP contribution in [0.5, 0.6) is 0 Å². The predicted molar refractivity (Wildman–Crippen MR) is 86.1 cm³/mol. The van der Waals surface area contributed by atoms with Gasteiger partial charge in [-0.25, -0.2) is 0 Å². The van der Waals surface area contributed by atoms with E-state index in [1.54, 1.807) is 12.4 Å². The Morgan fingerprint density at radius 3 is 2.95 bits per heavy atom. The number of hydrogen-bond acceptors (Lipinski definition) is 5. The van der Waals surface area contributed by atoms with Crippen LogP contribution in [-0.2, 0) is 11.8 Å². The van der Waals surface area contributed by atoms with E-state index in [4.69, 9.17) is 16.3 Å². The summed E-state index contributed by atoms with van der Waals surface area (Å²) in [5.41, 5.74) is 2.02. The smallest absolute Gasteiger partial charge is 0.0959 e. The van der Waals surface area contributed by atoms with Crippen LogP contribution in [0.4, 0.5) is 5.69 Å². The Balaban J connectivity index is 1.76. The highest BCUT2D eigenvalue weighted by Gasteiger charge is 2.33. The van der Waals surface area contributed by atoms with Crippen LogP contribution in [0.25, 0.3) is 0 Å². The fourth-order valence-electron chi connectivity index (χ4n) is 2.85. The van der Waals surface area contributed by atoms with Crippen molar-refractivity contribution in [1.82, 2.24) is 19.7 Å². The Hall–Kier alpha value is -1.63. The summed E-state index contributed by atoms with van der Waals surface area (Å²) in [5, 5.41) is 8.25. The van der Waals surface area contributed by atoms with Gasteiger partial charge >= 0.3 is 0 Å². The third-order valence-corrected chi connectivity index (χ3v) is 4.33. The van der Waals surface area contributed by atoms with E-state index in [0.29, 0.717) is 11.6 Å². The average molecular weight is 322 g/mol. The van der Waals surface area contributed by atoms with E-state index in [2.05, 4.69) is 27.3 Å². The van der Waals surface area contributed by atoms with Gasteiger partial charge in [0, 0.05) is 38.7 Å². The highest BCUT2D eigenvalue weighted by Crippen LogP contribution is 2.29. The second kappa shape index (κ2) is 6.64. The molecule has 3 heterocycles. The molecule has 1 saturated heterocycles. The molecule has 1 N–H and O–H groups in total. The number of rotatable bonds is 4. The van der Waals surface area contributed by atoms with E-state index < -0.39 is 0 Å². The highest BCUT2D eigenvalue weighted by molar-refractivity contribution is 6.33. The van der Waals surface area contributed by atoms with Crippen molar-refractivity contribution < 1.29 is 4.74 Å². The first-order chi connectivity index (χ1) is 10.7. The fraction of sp³-hybridized carbons (Fsp3) is 0.467. The number of likely N-dealkylation sites (N-methyl/N-ethyl adjacent to an activating group) is 1. The van der Waals surface area contributed by atoms with E-state index in [-0.39, 0.29) is 12.1 Å². The first-order valence-corrected chi connectivity index (χ1v) is 7.67. The van der Waals surface area contributed by atoms with Crippen molar-refractivity contribution in [2.75, 3.05) is 32.1 Å². The third-order valence-electron chi connectivity index (χ3n) is 4.03. The van der Waals surface area contributed by atoms with Gasteiger partial charge in [-0.05, 0) is 19.2 Å². The maximum Gasteiger partial charge on any atom is 0.0959 e. The summed E-state index contributed by atoms with van der Waals surface area (Å²) < 4.78 is 7.90. The molecule has 1 aliphatic heterocycles. The van der Waals surface area contributed by atoms with Crippen molar-refractivity contribution >= 4 is 17.3 Å². The summed E-state index contributed by atoms with van der Waals surface area (Å²) in [6, 6.07) is 4.07. The van der Waals surface area contributed by atoms with Gasteiger partial charge in [-0.15, -0.1) is 0 Å². The normalized spacial score (nSPS) is 22.7. The number of halogens is 1. The van der Waals surface area contributed by atoms with Gasteiger partial charge in [-0.3, -0.25) is 14.6 Å². The Morgan fingerprint density at radius 1 is 1.36 bits per heavy atom. The zero-order valence-corrected chi connectivity index (χ0v) is 13.5. The largest absolute Gasteiger partial charge is 0.381 e. The molecule has 1 fully saturated rings. The van der Waals surface area contributed by atoms with E-state index in [1.165, 1.54) is 0 Å². The molecule has 0 amide bonds. The number of aryl methyl sites for hydroxylation is 1. The molecule has 2 aromatic rings. The lowest BCUT2D eigenvalue weighted by atomic mass is 10.0. The Kier molecular flexibility index (Phi) is 4.61. The van der Waals surface area contributed by atoms with Gasteiger partial charge in [0.25, 0.3) is 0 Å². The van der Waals surface area contributed by atoms with Crippen LogP contribution in [-0.4, -0.2) is 52.5 Å². The monoisotopic (exact) mass is 321 g/mol. The van der Waals surface area contributed by atoms with Gasteiger partial charge in [0.2, 0.25) is 0 Å². The topological polar surface area (TPSA) is 55.2 Å². The lowest BCUT2D eigenvalue weighted by Crippen LogP contribution is -2.46. The SMILES string of the molecule is CN1CCO[C@@H](CNc2ccncc2Cl)[C@@H]1c1ccnn1C. The zero-order valence-electron chi connectivity index (χ0n) is 12.7. The molecule has 0 unspecified atom stereocenters. The highest BCUT2D eigenvalue weighted by atomic mass is 35.5. The number of nitrogens with zero attached hydrogens (tertiary/aromatic N) is 4. The number of nitrogens with one attached hydrogen (secondary N) is 1. The van der Waals surface area contributed by atoms with Crippen LogP contribution in [0.2, 0.25) is 5.02 Å². The third kappa shape index (κ3) is 3.09. The summed E-state index contributed by atoms with van der Waals surface area (Å²) in [7, 11) is 4.08. The van der Waals surface area contributed by atoms with E-state index in [1.807, 2.05) is 30.1 Å². The van der Waals surface area contributed by atoms with Crippen molar-refractivity contribution in [2.45, 2.75) is 12.1 Å². The predicted octanol–water partition coefficient (Wildman–Crippen LogP) is 1.95. The Labute approximate surface area is 135 Å². The second-order valence-corrected chi connectivity index (χ2v) is 5.86. The van der Waals surface area contributed by atoms with Crippen LogP contribution < -0.4 is 5.32 Å². The number of hydrogen-bond donors (Lipinski definition) is 1. The minimum absolute atomic E-state index is 0.0263. The number of pyridine rings is 1. The van der Waals surface area contributed by atoms with Crippen LogP contribution in [0.15, 0.2) is 30.7 Å². The minimum atomic E-state index is 0.0263. The van der Waals surface area contributed by atoms with Crippen molar-refractivity contribution in [3.05, 3.63) is 41.4 Å². The molecular weight excluding hydrogens is 302 g/mol. The van der Waals surface area contributed by atoms with Crippen molar-refractivity contribution in [1.29, 1.82) is 0 Å². The van der Waals surface area contributed by atoms with Crippen LogP contribution in [0.3, 0.4) is 0 Å². The van der Waals surface area contributed by atoms with E-state index >= 15 is 0 Å². The van der Waals surface area contributed by atoms with Gasteiger partial charge in [0.1, 0.15) is 0 Å². The van der Waals surface area contributed by atoms with Gasteiger partial charge in [0.05, 0.1) is 35.2 Å². The van der Waals surface area contributed by atoms with Gasteiger partial charge in [0.15, 0.2) is 0 Å². The maximum atomic E-state index is 6.14. The van der Waals surface area contributed by atoms with E-state index in [9.17, 15) is 0 Å². The second-order valence-electron chi connectivity index (χ2n) is 5.45. The first-order valence-electron chi connectivity index (χ1n) is 7.30. The molecule has 2 aromatic heterocycles. The molecule has 22 heavy (non-hydrogen) atoms. The quantitative estimate of drug-likeness (QED) is 0.933. The molecule has 2 atom stereocenters. The van der Waals surface area contributed by atoms with Gasteiger partial charge in [-0.2, -0.15) is 5.10 Å². The molecule has 0 spiro atoms. The minimum Gasteiger partial charge on any atom is -0.381 e. The van der Waals surface area contributed by atoms with Gasteiger partial charge < -0.3 is 10.1 Å². The number of anilines is 1. The summed E-state index contributed by atoms with van der Waals surface area (Å²) in [6.45, 7) is 2.30. The molecule has 0 aromatic carbocycles. The summed E-state index contributed by atoms with van der Waals surface area (Å²) in [4.78, 5) is 6.30. The summed E-state index contributed by atoms with van der Waals surface area (Å²) in [6.07, 6.45) is 5.21. The maximum absolute atomic E-state index is 6.14.